The topological polar surface area (TPSA) is 82.1 Å². The summed E-state index contributed by atoms with van der Waals surface area (Å²) in [5, 5.41) is 0. The van der Waals surface area contributed by atoms with Gasteiger partial charge in [-0.25, -0.2) is 14.5 Å². The maximum Gasteiger partial charge on any atom is 0.419 e. The second-order valence-corrected chi connectivity index (χ2v) is 6.50. The van der Waals surface area contributed by atoms with Crippen molar-refractivity contribution >= 4 is 18.0 Å². The van der Waals surface area contributed by atoms with Crippen LogP contribution in [0.15, 0.2) is 12.7 Å². The zero-order chi connectivity index (χ0) is 17.6. The molecule has 0 bridgehead atoms. The lowest BCUT2D eigenvalue weighted by Gasteiger charge is -2.28. The molecular weight excluding hydrogens is 290 g/mol. The van der Waals surface area contributed by atoms with Gasteiger partial charge < -0.3 is 14.2 Å². The zero-order valence-electron chi connectivity index (χ0n) is 14.1. The Hall–Kier alpha value is -1.89. The highest BCUT2D eigenvalue weighted by Gasteiger charge is 2.29. The van der Waals surface area contributed by atoms with Crippen LogP contribution in [-0.4, -0.2) is 47.4 Å². The SMILES string of the molecule is C=CC(=O)OCC(=O)N(COC(C)(C)C)C(=O)OC(C)(C)C. The van der Waals surface area contributed by atoms with Gasteiger partial charge in [-0.05, 0) is 41.5 Å². The molecule has 0 aliphatic rings. The third kappa shape index (κ3) is 9.12. The van der Waals surface area contributed by atoms with E-state index in [2.05, 4.69) is 11.3 Å². The van der Waals surface area contributed by atoms with E-state index in [1.165, 1.54) is 0 Å². The molecule has 0 aromatic heterocycles. The van der Waals surface area contributed by atoms with Crippen LogP contribution in [0.4, 0.5) is 4.79 Å². The number of imide groups is 1. The Morgan fingerprint density at radius 3 is 2.00 bits per heavy atom. The van der Waals surface area contributed by atoms with Gasteiger partial charge in [-0.1, -0.05) is 6.58 Å². The van der Waals surface area contributed by atoms with E-state index in [9.17, 15) is 14.4 Å². The fraction of sp³-hybridized carbons (Fsp3) is 0.667. The van der Waals surface area contributed by atoms with E-state index in [4.69, 9.17) is 9.47 Å². The largest absolute Gasteiger partial charge is 0.452 e. The highest BCUT2D eigenvalue weighted by atomic mass is 16.6. The summed E-state index contributed by atoms with van der Waals surface area (Å²) < 4.78 is 15.2. The molecule has 0 saturated heterocycles. The normalized spacial score (nSPS) is 11.5. The van der Waals surface area contributed by atoms with Gasteiger partial charge in [0.15, 0.2) is 6.61 Å². The zero-order valence-corrected chi connectivity index (χ0v) is 14.1. The summed E-state index contributed by atoms with van der Waals surface area (Å²) in [6, 6.07) is 0. The molecule has 0 aliphatic carbocycles. The molecule has 0 spiro atoms. The van der Waals surface area contributed by atoms with Crippen molar-refractivity contribution < 1.29 is 28.6 Å². The van der Waals surface area contributed by atoms with E-state index in [0.29, 0.717) is 0 Å². The van der Waals surface area contributed by atoms with Gasteiger partial charge in [0.25, 0.3) is 5.91 Å². The van der Waals surface area contributed by atoms with Crippen molar-refractivity contribution in [1.82, 2.24) is 4.90 Å². The smallest absolute Gasteiger partial charge is 0.419 e. The highest BCUT2D eigenvalue weighted by Crippen LogP contribution is 2.13. The Kier molecular flexibility index (Phi) is 7.25. The molecular formula is C15H25NO6. The van der Waals surface area contributed by atoms with E-state index in [1.54, 1.807) is 41.5 Å². The summed E-state index contributed by atoms with van der Waals surface area (Å²) in [4.78, 5) is 35.9. The summed E-state index contributed by atoms with van der Waals surface area (Å²) in [6.45, 7) is 12.7. The molecule has 0 rings (SSSR count). The van der Waals surface area contributed by atoms with E-state index < -0.39 is 35.8 Å². The minimum absolute atomic E-state index is 0.303. The van der Waals surface area contributed by atoms with Crippen molar-refractivity contribution in [3.8, 4) is 0 Å². The Morgan fingerprint density at radius 1 is 1.05 bits per heavy atom. The van der Waals surface area contributed by atoms with Crippen LogP contribution in [0.1, 0.15) is 41.5 Å². The number of carbonyl (C=O) groups is 3. The first kappa shape index (κ1) is 20.1. The number of ether oxygens (including phenoxy) is 3. The third-order valence-corrected chi connectivity index (χ3v) is 2.05. The molecule has 0 atom stereocenters. The van der Waals surface area contributed by atoms with Crippen LogP contribution in [0, 0.1) is 0 Å². The lowest BCUT2D eigenvalue weighted by Crippen LogP contribution is -2.45. The van der Waals surface area contributed by atoms with Crippen LogP contribution in [0.2, 0.25) is 0 Å². The second kappa shape index (κ2) is 7.93. The van der Waals surface area contributed by atoms with E-state index >= 15 is 0 Å². The van der Waals surface area contributed by atoms with Gasteiger partial charge >= 0.3 is 12.1 Å². The van der Waals surface area contributed by atoms with E-state index in [1.807, 2.05) is 0 Å². The molecule has 0 fully saturated rings. The fourth-order valence-corrected chi connectivity index (χ4v) is 1.07. The average Bonchev–Trinajstić information content (AvgIpc) is 2.32. The third-order valence-electron chi connectivity index (χ3n) is 2.05. The molecule has 0 unspecified atom stereocenters. The molecule has 7 nitrogen and oxygen atoms in total. The molecule has 7 heteroatoms. The van der Waals surface area contributed by atoms with Crippen LogP contribution in [-0.2, 0) is 23.8 Å². The summed E-state index contributed by atoms with van der Waals surface area (Å²) >= 11 is 0. The van der Waals surface area contributed by atoms with Crippen molar-refractivity contribution in [3.05, 3.63) is 12.7 Å². The molecule has 0 aliphatic heterocycles. The van der Waals surface area contributed by atoms with Crippen molar-refractivity contribution in [1.29, 1.82) is 0 Å². The Bertz CT molecular complexity index is 430. The predicted molar refractivity (Wildman–Crippen MR) is 79.9 cm³/mol. The van der Waals surface area contributed by atoms with Crippen molar-refractivity contribution in [2.24, 2.45) is 0 Å². The molecule has 0 heterocycles. The van der Waals surface area contributed by atoms with E-state index in [0.717, 1.165) is 11.0 Å². The van der Waals surface area contributed by atoms with Gasteiger partial charge in [0.1, 0.15) is 12.3 Å². The van der Waals surface area contributed by atoms with Gasteiger partial charge in [0, 0.05) is 6.08 Å². The van der Waals surface area contributed by atoms with Crippen molar-refractivity contribution in [2.75, 3.05) is 13.3 Å². The van der Waals surface area contributed by atoms with Gasteiger partial charge in [-0.3, -0.25) is 4.79 Å². The molecule has 0 aromatic rings. The molecule has 22 heavy (non-hydrogen) atoms. The first-order valence-electron chi connectivity index (χ1n) is 6.82. The molecule has 2 amide bonds. The summed E-state index contributed by atoms with van der Waals surface area (Å²) in [5.41, 5.74) is -1.33. The number of esters is 1. The number of nitrogens with zero attached hydrogens (tertiary/aromatic N) is 1. The first-order valence-corrected chi connectivity index (χ1v) is 6.82. The average molecular weight is 315 g/mol. The van der Waals surface area contributed by atoms with Crippen LogP contribution in [0.25, 0.3) is 0 Å². The molecule has 0 aromatic carbocycles. The molecule has 0 N–H and O–H groups in total. The Balaban J connectivity index is 4.91. The van der Waals surface area contributed by atoms with Gasteiger partial charge in [-0.15, -0.1) is 0 Å². The highest BCUT2D eigenvalue weighted by molar-refractivity contribution is 5.94. The van der Waals surface area contributed by atoms with Crippen LogP contribution in [0.5, 0.6) is 0 Å². The predicted octanol–water partition coefficient (Wildman–Crippen LogP) is 2.25. The fourth-order valence-electron chi connectivity index (χ4n) is 1.07. The first-order chi connectivity index (χ1) is 9.85. The number of carbonyl (C=O) groups excluding carboxylic acids is 3. The number of amides is 2. The number of hydrogen-bond donors (Lipinski definition) is 0. The quantitative estimate of drug-likeness (QED) is 0.440. The van der Waals surface area contributed by atoms with Crippen LogP contribution < -0.4 is 0 Å². The van der Waals surface area contributed by atoms with Crippen LogP contribution in [0.3, 0.4) is 0 Å². The molecule has 0 saturated carbocycles. The Morgan fingerprint density at radius 2 is 1.59 bits per heavy atom. The maximum absolute atomic E-state index is 12.1. The monoisotopic (exact) mass is 315 g/mol. The summed E-state index contributed by atoms with van der Waals surface area (Å²) in [5.74, 6) is -1.50. The summed E-state index contributed by atoms with van der Waals surface area (Å²) in [7, 11) is 0. The second-order valence-electron chi connectivity index (χ2n) is 6.50. The van der Waals surface area contributed by atoms with Gasteiger partial charge in [0.05, 0.1) is 5.60 Å². The lowest BCUT2D eigenvalue weighted by molar-refractivity contribution is -0.153. The maximum atomic E-state index is 12.1. The minimum atomic E-state index is -0.864. The van der Waals surface area contributed by atoms with Crippen molar-refractivity contribution in [2.45, 2.75) is 52.7 Å². The minimum Gasteiger partial charge on any atom is -0.452 e. The Labute approximate surface area is 131 Å². The van der Waals surface area contributed by atoms with Gasteiger partial charge in [-0.2, -0.15) is 0 Å². The standard InChI is InChI=1S/C15H25NO6/c1-8-12(18)20-9-11(17)16(10-21-14(2,3)4)13(19)22-15(5,6)7/h8H,1,9-10H2,2-7H3. The molecule has 126 valence electrons. The number of hydrogen-bond acceptors (Lipinski definition) is 6. The van der Waals surface area contributed by atoms with Gasteiger partial charge in [0.2, 0.25) is 0 Å². The van der Waals surface area contributed by atoms with E-state index in [-0.39, 0.29) is 6.73 Å². The van der Waals surface area contributed by atoms with Crippen molar-refractivity contribution in [3.63, 3.8) is 0 Å². The number of rotatable bonds is 5. The van der Waals surface area contributed by atoms with Crippen LogP contribution >= 0.6 is 0 Å². The lowest BCUT2D eigenvalue weighted by atomic mass is 10.2. The molecule has 0 radical (unpaired) electrons. The summed E-state index contributed by atoms with van der Waals surface area (Å²) in [6.07, 6.45) is 0.0629.